The van der Waals surface area contributed by atoms with Crippen LogP contribution in [0.3, 0.4) is 0 Å². The SMILES string of the molecule is CC1(C(=O)N2CCC(F)(CO)C2)CCN(Cc2ccccc2)CC1. The predicted octanol–water partition coefficient (Wildman–Crippen LogP) is 2.22. The van der Waals surface area contributed by atoms with Gasteiger partial charge in [-0.1, -0.05) is 37.3 Å². The maximum atomic E-state index is 14.2. The molecule has 4 nitrogen and oxygen atoms in total. The Labute approximate surface area is 143 Å². The number of nitrogens with zero attached hydrogens (tertiary/aromatic N) is 2. The smallest absolute Gasteiger partial charge is 0.228 e. The molecule has 5 heteroatoms. The van der Waals surface area contributed by atoms with Gasteiger partial charge in [0.25, 0.3) is 0 Å². The molecular formula is C19H27FN2O2. The van der Waals surface area contributed by atoms with Gasteiger partial charge in [-0.25, -0.2) is 4.39 Å². The first kappa shape index (κ1) is 17.4. The number of piperidine rings is 1. The van der Waals surface area contributed by atoms with Crippen LogP contribution in [0.1, 0.15) is 31.7 Å². The van der Waals surface area contributed by atoms with E-state index in [0.717, 1.165) is 32.5 Å². The summed E-state index contributed by atoms with van der Waals surface area (Å²) in [7, 11) is 0. The molecule has 3 rings (SSSR count). The van der Waals surface area contributed by atoms with Crippen LogP contribution in [0, 0.1) is 5.41 Å². The van der Waals surface area contributed by atoms with Gasteiger partial charge in [0, 0.05) is 24.9 Å². The number of alkyl halides is 1. The number of aliphatic hydroxyl groups is 1. The number of halogens is 1. The normalized spacial score (nSPS) is 27.4. The van der Waals surface area contributed by atoms with Gasteiger partial charge in [0.15, 0.2) is 5.67 Å². The van der Waals surface area contributed by atoms with E-state index in [1.165, 1.54) is 5.56 Å². The van der Waals surface area contributed by atoms with Gasteiger partial charge in [0.1, 0.15) is 0 Å². The van der Waals surface area contributed by atoms with Crippen LogP contribution in [0.5, 0.6) is 0 Å². The number of hydrogen-bond acceptors (Lipinski definition) is 3. The van der Waals surface area contributed by atoms with Crippen LogP contribution in [-0.2, 0) is 11.3 Å². The highest BCUT2D eigenvalue weighted by Gasteiger charge is 2.45. The molecule has 0 radical (unpaired) electrons. The second-order valence-corrected chi connectivity index (χ2v) is 7.61. The first-order valence-corrected chi connectivity index (χ1v) is 8.80. The van der Waals surface area contributed by atoms with Crippen molar-refractivity contribution in [3.8, 4) is 0 Å². The van der Waals surface area contributed by atoms with Gasteiger partial charge in [0.05, 0.1) is 13.2 Å². The summed E-state index contributed by atoms with van der Waals surface area (Å²) in [4.78, 5) is 16.8. The molecule has 0 spiro atoms. The number of rotatable bonds is 4. The monoisotopic (exact) mass is 334 g/mol. The van der Waals surface area contributed by atoms with E-state index in [1.807, 2.05) is 25.1 Å². The summed E-state index contributed by atoms with van der Waals surface area (Å²) < 4.78 is 14.2. The molecule has 132 valence electrons. The summed E-state index contributed by atoms with van der Waals surface area (Å²) in [5.74, 6) is 0.0508. The molecule has 2 aliphatic heterocycles. The first-order chi connectivity index (χ1) is 11.4. The zero-order chi connectivity index (χ0) is 17.2. The van der Waals surface area contributed by atoms with Crippen molar-refractivity contribution in [1.29, 1.82) is 0 Å². The molecule has 0 aliphatic carbocycles. The maximum Gasteiger partial charge on any atom is 0.228 e. The fourth-order valence-corrected chi connectivity index (χ4v) is 3.78. The quantitative estimate of drug-likeness (QED) is 0.918. The van der Waals surface area contributed by atoms with Crippen molar-refractivity contribution in [2.75, 3.05) is 32.8 Å². The maximum absolute atomic E-state index is 14.2. The van der Waals surface area contributed by atoms with Gasteiger partial charge in [-0.3, -0.25) is 9.69 Å². The topological polar surface area (TPSA) is 43.8 Å². The number of carbonyl (C=O) groups is 1. The van der Waals surface area contributed by atoms with Gasteiger partial charge < -0.3 is 10.0 Å². The molecule has 1 N–H and O–H groups in total. The van der Waals surface area contributed by atoms with Crippen molar-refractivity contribution >= 4 is 5.91 Å². The Morgan fingerprint density at radius 3 is 2.42 bits per heavy atom. The predicted molar refractivity (Wildman–Crippen MR) is 91.2 cm³/mol. The molecule has 24 heavy (non-hydrogen) atoms. The van der Waals surface area contributed by atoms with Crippen LogP contribution in [0.15, 0.2) is 30.3 Å². The summed E-state index contributed by atoms with van der Waals surface area (Å²) in [6, 6.07) is 10.4. The largest absolute Gasteiger partial charge is 0.393 e. The fourth-order valence-electron chi connectivity index (χ4n) is 3.78. The third-order valence-electron chi connectivity index (χ3n) is 5.60. The molecule has 1 aromatic carbocycles. The van der Waals surface area contributed by atoms with E-state index in [-0.39, 0.29) is 18.9 Å². The molecule has 1 unspecified atom stereocenters. The lowest BCUT2D eigenvalue weighted by Crippen LogP contribution is -2.48. The van der Waals surface area contributed by atoms with E-state index in [2.05, 4.69) is 17.0 Å². The van der Waals surface area contributed by atoms with Crippen molar-refractivity contribution in [3.63, 3.8) is 0 Å². The lowest BCUT2D eigenvalue weighted by molar-refractivity contribution is -0.143. The van der Waals surface area contributed by atoms with E-state index in [4.69, 9.17) is 5.11 Å². The van der Waals surface area contributed by atoms with Crippen LogP contribution in [0.25, 0.3) is 0 Å². The Hall–Kier alpha value is -1.46. The average molecular weight is 334 g/mol. The number of hydrogen-bond donors (Lipinski definition) is 1. The average Bonchev–Trinajstić information content (AvgIpc) is 3.00. The minimum atomic E-state index is -1.61. The van der Waals surface area contributed by atoms with E-state index >= 15 is 0 Å². The van der Waals surface area contributed by atoms with Gasteiger partial charge in [-0.15, -0.1) is 0 Å². The Balaban J connectivity index is 1.55. The van der Waals surface area contributed by atoms with Gasteiger partial charge in [-0.2, -0.15) is 0 Å². The van der Waals surface area contributed by atoms with E-state index in [1.54, 1.807) is 4.90 Å². The van der Waals surface area contributed by atoms with E-state index in [0.29, 0.717) is 6.54 Å². The van der Waals surface area contributed by atoms with Crippen molar-refractivity contribution in [2.45, 2.75) is 38.4 Å². The highest BCUT2D eigenvalue weighted by atomic mass is 19.1. The fraction of sp³-hybridized carbons (Fsp3) is 0.632. The van der Waals surface area contributed by atoms with Crippen molar-refractivity contribution < 1.29 is 14.3 Å². The molecule has 1 amide bonds. The number of benzene rings is 1. The molecule has 1 aromatic rings. The minimum absolute atomic E-state index is 0.0334. The third-order valence-corrected chi connectivity index (χ3v) is 5.60. The standard InChI is InChI=1S/C19H27FN2O2/c1-18(17(24)22-12-9-19(20,14-22)15-23)7-10-21(11-8-18)13-16-5-3-2-4-6-16/h2-6,23H,7-15H2,1H3. The summed E-state index contributed by atoms with van der Waals surface area (Å²) >= 11 is 0. The van der Waals surface area contributed by atoms with Crippen LogP contribution in [-0.4, -0.2) is 59.3 Å². The summed E-state index contributed by atoms with van der Waals surface area (Å²) in [5, 5.41) is 9.15. The molecule has 1 atom stereocenters. The second-order valence-electron chi connectivity index (χ2n) is 7.61. The number of likely N-dealkylation sites (tertiary alicyclic amines) is 2. The van der Waals surface area contributed by atoms with Crippen LogP contribution in [0.4, 0.5) is 4.39 Å². The Morgan fingerprint density at radius 1 is 1.17 bits per heavy atom. The number of amides is 1. The second kappa shape index (κ2) is 6.81. The van der Waals surface area contributed by atoms with E-state index < -0.39 is 17.7 Å². The number of aliphatic hydroxyl groups excluding tert-OH is 1. The number of carbonyl (C=O) groups excluding carboxylic acids is 1. The summed E-state index contributed by atoms with van der Waals surface area (Å²) in [5.41, 5.74) is -0.731. The van der Waals surface area contributed by atoms with Crippen LogP contribution < -0.4 is 0 Å². The molecule has 0 saturated carbocycles. The summed E-state index contributed by atoms with van der Waals surface area (Å²) in [6.45, 7) is 4.62. The van der Waals surface area contributed by atoms with Gasteiger partial charge >= 0.3 is 0 Å². The third kappa shape index (κ3) is 3.62. The Morgan fingerprint density at radius 2 is 1.83 bits per heavy atom. The molecular weight excluding hydrogens is 307 g/mol. The highest BCUT2D eigenvalue weighted by molar-refractivity contribution is 5.83. The van der Waals surface area contributed by atoms with Gasteiger partial charge in [-0.05, 0) is 31.5 Å². The zero-order valence-corrected chi connectivity index (χ0v) is 14.4. The van der Waals surface area contributed by atoms with Crippen LogP contribution >= 0.6 is 0 Å². The van der Waals surface area contributed by atoms with Gasteiger partial charge in [0.2, 0.25) is 5.91 Å². The minimum Gasteiger partial charge on any atom is -0.393 e. The Kier molecular flexibility index (Phi) is 4.92. The molecule has 2 aliphatic rings. The Bertz CT molecular complexity index is 572. The molecule has 2 saturated heterocycles. The highest BCUT2D eigenvalue weighted by Crippen LogP contribution is 2.36. The van der Waals surface area contributed by atoms with Crippen LogP contribution in [0.2, 0.25) is 0 Å². The molecule has 2 heterocycles. The molecule has 2 fully saturated rings. The van der Waals surface area contributed by atoms with Crippen molar-refractivity contribution in [2.24, 2.45) is 5.41 Å². The van der Waals surface area contributed by atoms with Crippen molar-refractivity contribution in [1.82, 2.24) is 9.80 Å². The summed E-state index contributed by atoms with van der Waals surface area (Å²) in [6.07, 6.45) is 1.84. The molecule has 0 bridgehead atoms. The van der Waals surface area contributed by atoms with Crippen molar-refractivity contribution in [3.05, 3.63) is 35.9 Å². The zero-order valence-electron chi connectivity index (χ0n) is 14.4. The first-order valence-electron chi connectivity index (χ1n) is 8.80. The lowest BCUT2D eigenvalue weighted by atomic mass is 9.79. The van der Waals surface area contributed by atoms with E-state index in [9.17, 15) is 9.18 Å². The molecule has 0 aromatic heterocycles. The lowest BCUT2D eigenvalue weighted by Gasteiger charge is -2.40.